The van der Waals surface area contributed by atoms with Crippen LogP contribution in [-0.4, -0.2) is 21.2 Å². The van der Waals surface area contributed by atoms with Gasteiger partial charge in [0, 0.05) is 10.8 Å². The van der Waals surface area contributed by atoms with Crippen LogP contribution in [0.15, 0.2) is 48.5 Å². The lowest BCUT2D eigenvalue weighted by molar-refractivity contribution is 0.0695. The summed E-state index contributed by atoms with van der Waals surface area (Å²) in [5.41, 5.74) is 2.80. The van der Waals surface area contributed by atoms with Crippen LogP contribution in [0.1, 0.15) is 46.9 Å². The van der Waals surface area contributed by atoms with E-state index in [2.05, 4.69) is 0 Å². The van der Waals surface area contributed by atoms with E-state index in [9.17, 15) is 15.0 Å². The summed E-state index contributed by atoms with van der Waals surface area (Å²) in [6, 6.07) is 15.4. The van der Waals surface area contributed by atoms with E-state index in [4.69, 9.17) is 4.98 Å². The van der Waals surface area contributed by atoms with Gasteiger partial charge < -0.3 is 10.2 Å². The van der Waals surface area contributed by atoms with E-state index in [1.165, 1.54) is 0 Å². The molecule has 0 atom stereocenters. The van der Waals surface area contributed by atoms with Gasteiger partial charge in [-0.05, 0) is 30.4 Å². The first kappa shape index (κ1) is 15.6. The summed E-state index contributed by atoms with van der Waals surface area (Å²) in [5, 5.41) is 21.0. The maximum absolute atomic E-state index is 11.9. The Morgan fingerprint density at radius 1 is 1.12 bits per heavy atom. The largest absolute Gasteiger partial charge is 0.505 e. The summed E-state index contributed by atoms with van der Waals surface area (Å²) in [7, 11) is 0. The van der Waals surface area contributed by atoms with E-state index in [1.54, 1.807) is 6.07 Å². The summed E-state index contributed by atoms with van der Waals surface area (Å²) in [6.45, 7) is 2.02. The second-order valence-corrected chi connectivity index (χ2v) is 6.60. The second-order valence-electron chi connectivity index (χ2n) is 6.60. The highest BCUT2D eigenvalue weighted by Crippen LogP contribution is 2.56. The first-order valence-electron chi connectivity index (χ1n) is 8.52. The molecule has 0 saturated heterocycles. The molecule has 0 unspecified atom stereocenters. The van der Waals surface area contributed by atoms with Crippen LogP contribution in [0.2, 0.25) is 0 Å². The SMILES string of the molecule is CCc1cccc2c(C(=O)O)c(O)c(C3(c4ccccc4)CC3)nc12. The second kappa shape index (κ2) is 5.59. The Balaban J connectivity index is 2.06. The number of nitrogens with zero attached hydrogens (tertiary/aromatic N) is 1. The number of aromatic hydroxyl groups is 1. The maximum atomic E-state index is 11.9. The molecular weight excluding hydrogens is 314 g/mol. The number of carboxylic acid groups (broad SMARTS) is 1. The van der Waals surface area contributed by atoms with Gasteiger partial charge in [-0.25, -0.2) is 9.78 Å². The van der Waals surface area contributed by atoms with Crippen molar-refractivity contribution in [3.8, 4) is 5.75 Å². The molecule has 1 aliphatic rings. The normalized spacial score (nSPS) is 15.2. The molecular formula is C21H19NO3. The van der Waals surface area contributed by atoms with E-state index >= 15 is 0 Å². The predicted octanol–water partition coefficient (Wildman–Crippen LogP) is 4.28. The number of carbonyl (C=O) groups is 1. The minimum Gasteiger partial charge on any atom is -0.505 e. The molecule has 2 N–H and O–H groups in total. The molecule has 4 rings (SSSR count). The lowest BCUT2D eigenvalue weighted by Crippen LogP contribution is -2.14. The van der Waals surface area contributed by atoms with Gasteiger partial charge in [-0.3, -0.25) is 0 Å². The van der Waals surface area contributed by atoms with Crippen LogP contribution < -0.4 is 0 Å². The Bertz CT molecular complexity index is 975. The van der Waals surface area contributed by atoms with Gasteiger partial charge in [-0.1, -0.05) is 55.5 Å². The fourth-order valence-electron chi connectivity index (χ4n) is 3.72. The molecule has 0 bridgehead atoms. The number of hydrogen-bond donors (Lipinski definition) is 2. The molecule has 4 nitrogen and oxygen atoms in total. The van der Waals surface area contributed by atoms with E-state index < -0.39 is 5.97 Å². The van der Waals surface area contributed by atoms with E-state index in [0.717, 1.165) is 30.4 Å². The highest BCUT2D eigenvalue weighted by Gasteiger charge is 2.49. The molecule has 2 aromatic carbocycles. The smallest absolute Gasteiger partial charge is 0.340 e. The minimum atomic E-state index is -1.12. The molecule has 1 saturated carbocycles. The van der Waals surface area contributed by atoms with Gasteiger partial charge in [0.2, 0.25) is 0 Å². The fraction of sp³-hybridized carbons (Fsp3) is 0.238. The lowest BCUT2D eigenvalue weighted by Gasteiger charge is -2.20. The van der Waals surface area contributed by atoms with Gasteiger partial charge in [0.15, 0.2) is 5.75 Å². The van der Waals surface area contributed by atoms with Crippen molar-refractivity contribution in [1.29, 1.82) is 0 Å². The highest BCUT2D eigenvalue weighted by atomic mass is 16.4. The number of pyridine rings is 1. The maximum Gasteiger partial charge on any atom is 0.340 e. The van der Waals surface area contributed by atoms with Crippen molar-refractivity contribution in [3.05, 3.63) is 70.9 Å². The van der Waals surface area contributed by atoms with Crippen molar-refractivity contribution in [2.45, 2.75) is 31.6 Å². The van der Waals surface area contributed by atoms with Crippen molar-refractivity contribution in [1.82, 2.24) is 4.98 Å². The third-order valence-corrected chi connectivity index (χ3v) is 5.20. The van der Waals surface area contributed by atoms with Crippen LogP contribution >= 0.6 is 0 Å². The number of fused-ring (bicyclic) bond motifs is 1. The fourth-order valence-corrected chi connectivity index (χ4v) is 3.72. The van der Waals surface area contributed by atoms with Gasteiger partial charge in [0.25, 0.3) is 0 Å². The Labute approximate surface area is 145 Å². The lowest BCUT2D eigenvalue weighted by atomic mass is 9.89. The molecule has 25 heavy (non-hydrogen) atoms. The molecule has 1 heterocycles. The first-order valence-corrected chi connectivity index (χ1v) is 8.52. The zero-order chi connectivity index (χ0) is 17.6. The quantitative estimate of drug-likeness (QED) is 0.747. The molecule has 4 heteroatoms. The molecule has 0 radical (unpaired) electrons. The van der Waals surface area contributed by atoms with Gasteiger partial charge >= 0.3 is 5.97 Å². The molecule has 0 spiro atoms. The van der Waals surface area contributed by atoms with Gasteiger partial charge in [-0.2, -0.15) is 0 Å². The van der Waals surface area contributed by atoms with Crippen LogP contribution in [-0.2, 0) is 11.8 Å². The van der Waals surface area contributed by atoms with E-state index in [-0.39, 0.29) is 16.7 Å². The predicted molar refractivity (Wildman–Crippen MR) is 96.2 cm³/mol. The van der Waals surface area contributed by atoms with E-state index in [1.807, 2.05) is 49.4 Å². The number of benzene rings is 2. The highest BCUT2D eigenvalue weighted by molar-refractivity contribution is 6.06. The van der Waals surface area contributed by atoms with Gasteiger partial charge in [0.1, 0.15) is 5.56 Å². The number of aromatic nitrogens is 1. The third kappa shape index (κ3) is 2.29. The first-order chi connectivity index (χ1) is 12.1. The molecule has 126 valence electrons. The number of para-hydroxylation sites is 1. The van der Waals surface area contributed by atoms with Crippen molar-refractivity contribution in [3.63, 3.8) is 0 Å². The number of hydrogen-bond acceptors (Lipinski definition) is 3. The molecule has 0 aliphatic heterocycles. The van der Waals surface area contributed by atoms with Crippen LogP contribution in [0.5, 0.6) is 5.75 Å². The molecule has 3 aromatic rings. The van der Waals surface area contributed by atoms with Crippen molar-refractivity contribution >= 4 is 16.9 Å². The third-order valence-electron chi connectivity index (χ3n) is 5.20. The summed E-state index contributed by atoms with van der Waals surface area (Å²) >= 11 is 0. The molecule has 1 aliphatic carbocycles. The average molecular weight is 333 g/mol. The number of carboxylic acids is 1. The minimum absolute atomic E-state index is 0.0440. The zero-order valence-electron chi connectivity index (χ0n) is 14.0. The summed E-state index contributed by atoms with van der Waals surface area (Å²) in [5.74, 6) is -1.32. The number of aryl methyl sites for hydroxylation is 1. The average Bonchev–Trinajstić information content (AvgIpc) is 3.42. The molecule has 1 fully saturated rings. The van der Waals surface area contributed by atoms with Gasteiger partial charge in [-0.15, -0.1) is 0 Å². The topological polar surface area (TPSA) is 70.4 Å². The Morgan fingerprint density at radius 2 is 1.84 bits per heavy atom. The van der Waals surface area contributed by atoms with E-state index in [0.29, 0.717) is 16.6 Å². The van der Waals surface area contributed by atoms with Crippen molar-refractivity contribution < 1.29 is 15.0 Å². The van der Waals surface area contributed by atoms with Crippen molar-refractivity contribution in [2.75, 3.05) is 0 Å². The Morgan fingerprint density at radius 3 is 2.44 bits per heavy atom. The summed E-state index contributed by atoms with van der Waals surface area (Å²) in [4.78, 5) is 16.7. The molecule has 1 aromatic heterocycles. The number of aromatic carboxylic acids is 1. The summed E-state index contributed by atoms with van der Waals surface area (Å²) < 4.78 is 0. The standard InChI is InChI=1S/C21H19NO3/c1-2-13-7-6-10-15-16(20(24)25)18(23)19(22-17(13)15)21(11-12-21)14-8-4-3-5-9-14/h3-10,23H,2,11-12H2,1H3,(H,24,25). The van der Waals surface area contributed by atoms with Crippen LogP contribution in [0.3, 0.4) is 0 Å². The van der Waals surface area contributed by atoms with Crippen LogP contribution in [0.25, 0.3) is 10.9 Å². The van der Waals surface area contributed by atoms with Crippen LogP contribution in [0.4, 0.5) is 0 Å². The van der Waals surface area contributed by atoms with Crippen LogP contribution in [0, 0.1) is 0 Å². The monoisotopic (exact) mass is 333 g/mol. The summed E-state index contributed by atoms with van der Waals surface area (Å²) in [6.07, 6.45) is 2.47. The number of rotatable bonds is 4. The Kier molecular flexibility index (Phi) is 3.49. The zero-order valence-corrected chi connectivity index (χ0v) is 14.0. The van der Waals surface area contributed by atoms with Gasteiger partial charge in [0.05, 0.1) is 11.2 Å². The van der Waals surface area contributed by atoms with Crippen molar-refractivity contribution in [2.24, 2.45) is 0 Å². The Hall–Kier alpha value is -2.88. The molecule has 0 amide bonds.